The SMILES string of the molecule is C=CCCCn1c(C)nc(Cl)cc1=O. The number of hydrogen-bond donors (Lipinski definition) is 0. The fourth-order valence-corrected chi connectivity index (χ4v) is 1.47. The van der Waals surface area contributed by atoms with E-state index in [1.54, 1.807) is 11.5 Å². The highest BCUT2D eigenvalue weighted by Gasteiger charge is 2.02. The van der Waals surface area contributed by atoms with Crippen LogP contribution in [0.4, 0.5) is 0 Å². The van der Waals surface area contributed by atoms with E-state index >= 15 is 0 Å². The van der Waals surface area contributed by atoms with Gasteiger partial charge in [0.2, 0.25) is 0 Å². The molecule has 1 rings (SSSR count). The zero-order valence-electron chi connectivity index (χ0n) is 8.16. The fraction of sp³-hybridized carbons (Fsp3) is 0.400. The van der Waals surface area contributed by atoms with Gasteiger partial charge < -0.3 is 0 Å². The standard InChI is InChI=1S/C10H13ClN2O/c1-3-4-5-6-13-8(2)12-9(11)7-10(13)14/h3,7H,1,4-6H2,2H3. The summed E-state index contributed by atoms with van der Waals surface area (Å²) in [5, 5.41) is 0.257. The van der Waals surface area contributed by atoms with Crippen LogP contribution in [0.25, 0.3) is 0 Å². The summed E-state index contributed by atoms with van der Waals surface area (Å²) in [4.78, 5) is 15.5. The van der Waals surface area contributed by atoms with E-state index in [0.29, 0.717) is 12.4 Å². The van der Waals surface area contributed by atoms with Gasteiger partial charge in [-0.2, -0.15) is 0 Å². The van der Waals surface area contributed by atoms with Gasteiger partial charge in [0.1, 0.15) is 11.0 Å². The molecule has 0 aliphatic carbocycles. The van der Waals surface area contributed by atoms with Gasteiger partial charge in [-0.25, -0.2) is 4.98 Å². The number of unbranched alkanes of at least 4 members (excludes halogenated alkanes) is 1. The topological polar surface area (TPSA) is 34.9 Å². The van der Waals surface area contributed by atoms with Crippen molar-refractivity contribution in [3.63, 3.8) is 0 Å². The Hall–Kier alpha value is -1.09. The van der Waals surface area contributed by atoms with Crippen LogP contribution in [0.5, 0.6) is 0 Å². The second kappa shape index (κ2) is 4.96. The molecule has 0 bridgehead atoms. The summed E-state index contributed by atoms with van der Waals surface area (Å²) in [6, 6.07) is 1.34. The minimum Gasteiger partial charge on any atom is -0.297 e. The fourth-order valence-electron chi connectivity index (χ4n) is 1.25. The number of aryl methyl sites for hydroxylation is 1. The summed E-state index contributed by atoms with van der Waals surface area (Å²) in [5.74, 6) is 0.659. The second-order valence-electron chi connectivity index (χ2n) is 3.05. The monoisotopic (exact) mass is 212 g/mol. The molecule has 0 aliphatic rings. The lowest BCUT2D eigenvalue weighted by molar-refractivity contribution is 0.598. The molecule has 0 spiro atoms. The van der Waals surface area contributed by atoms with Crippen LogP contribution >= 0.6 is 11.6 Å². The van der Waals surface area contributed by atoms with Gasteiger partial charge in [0.25, 0.3) is 5.56 Å². The summed E-state index contributed by atoms with van der Waals surface area (Å²) in [6.07, 6.45) is 3.63. The van der Waals surface area contributed by atoms with E-state index in [4.69, 9.17) is 11.6 Å². The molecule has 0 aliphatic heterocycles. The first-order chi connectivity index (χ1) is 6.65. The van der Waals surface area contributed by atoms with Crippen LogP contribution in [0.2, 0.25) is 5.15 Å². The highest BCUT2D eigenvalue weighted by atomic mass is 35.5. The summed E-state index contributed by atoms with van der Waals surface area (Å²) >= 11 is 5.64. The largest absolute Gasteiger partial charge is 0.297 e. The average molecular weight is 213 g/mol. The molecule has 0 radical (unpaired) electrons. The Bertz CT molecular complexity index is 384. The van der Waals surface area contributed by atoms with Crippen LogP contribution in [0.3, 0.4) is 0 Å². The Labute approximate surface area is 88.0 Å². The van der Waals surface area contributed by atoms with Crippen LogP contribution in [0, 0.1) is 6.92 Å². The Morgan fingerprint density at radius 3 is 3.00 bits per heavy atom. The molecular weight excluding hydrogens is 200 g/mol. The van der Waals surface area contributed by atoms with Crippen molar-refractivity contribution in [1.82, 2.24) is 9.55 Å². The molecule has 3 nitrogen and oxygen atoms in total. The lowest BCUT2D eigenvalue weighted by atomic mass is 10.3. The Balaban J connectivity index is 2.86. The summed E-state index contributed by atoms with van der Waals surface area (Å²) in [5.41, 5.74) is -0.0911. The van der Waals surface area contributed by atoms with Crippen molar-refractivity contribution < 1.29 is 0 Å². The number of rotatable bonds is 4. The smallest absolute Gasteiger partial charge is 0.254 e. The van der Waals surface area contributed by atoms with Crippen molar-refractivity contribution in [2.45, 2.75) is 26.3 Å². The molecule has 4 heteroatoms. The third kappa shape index (κ3) is 2.70. The van der Waals surface area contributed by atoms with E-state index in [1.807, 2.05) is 6.08 Å². The van der Waals surface area contributed by atoms with Crippen LogP contribution in [0.15, 0.2) is 23.5 Å². The quantitative estimate of drug-likeness (QED) is 0.436. The minimum absolute atomic E-state index is 0.0911. The minimum atomic E-state index is -0.0911. The Kier molecular flexibility index (Phi) is 3.89. The van der Waals surface area contributed by atoms with Crippen molar-refractivity contribution in [2.24, 2.45) is 0 Å². The highest BCUT2D eigenvalue weighted by molar-refractivity contribution is 6.29. The van der Waals surface area contributed by atoms with Crippen LogP contribution in [-0.4, -0.2) is 9.55 Å². The average Bonchev–Trinajstić information content (AvgIpc) is 2.09. The summed E-state index contributed by atoms with van der Waals surface area (Å²) in [6.45, 7) is 6.07. The molecule has 0 N–H and O–H groups in total. The molecule has 14 heavy (non-hydrogen) atoms. The molecule has 0 saturated carbocycles. The zero-order valence-corrected chi connectivity index (χ0v) is 8.92. The Morgan fingerprint density at radius 1 is 1.71 bits per heavy atom. The first-order valence-electron chi connectivity index (χ1n) is 4.50. The lowest BCUT2D eigenvalue weighted by Crippen LogP contribution is -2.22. The summed E-state index contributed by atoms with van der Waals surface area (Å²) < 4.78 is 1.62. The van der Waals surface area contributed by atoms with E-state index in [-0.39, 0.29) is 10.7 Å². The third-order valence-electron chi connectivity index (χ3n) is 1.96. The molecule has 0 saturated heterocycles. The normalized spacial score (nSPS) is 10.1. The summed E-state index contributed by atoms with van der Waals surface area (Å²) in [7, 11) is 0. The van der Waals surface area contributed by atoms with E-state index < -0.39 is 0 Å². The van der Waals surface area contributed by atoms with Gasteiger partial charge in [-0.1, -0.05) is 17.7 Å². The van der Waals surface area contributed by atoms with Gasteiger partial charge in [0, 0.05) is 12.6 Å². The molecule has 0 unspecified atom stereocenters. The predicted molar refractivity (Wildman–Crippen MR) is 57.7 cm³/mol. The maximum atomic E-state index is 11.5. The molecular formula is C10H13ClN2O. The maximum absolute atomic E-state index is 11.5. The molecule has 0 atom stereocenters. The van der Waals surface area contributed by atoms with Gasteiger partial charge >= 0.3 is 0 Å². The molecule has 76 valence electrons. The van der Waals surface area contributed by atoms with Crippen LogP contribution in [-0.2, 0) is 6.54 Å². The second-order valence-corrected chi connectivity index (χ2v) is 3.43. The van der Waals surface area contributed by atoms with Crippen LogP contribution in [0.1, 0.15) is 18.7 Å². The number of aromatic nitrogens is 2. The molecule has 1 heterocycles. The van der Waals surface area contributed by atoms with Gasteiger partial charge in [-0.05, 0) is 19.8 Å². The zero-order chi connectivity index (χ0) is 10.6. The maximum Gasteiger partial charge on any atom is 0.254 e. The van der Waals surface area contributed by atoms with E-state index in [2.05, 4.69) is 11.6 Å². The first kappa shape index (κ1) is 11.0. The number of halogens is 1. The van der Waals surface area contributed by atoms with Crippen LogP contribution < -0.4 is 5.56 Å². The van der Waals surface area contributed by atoms with Gasteiger partial charge in [-0.15, -0.1) is 6.58 Å². The molecule has 0 fully saturated rings. The van der Waals surface area contributed by atoms with E-state index in [1.165, 1.54) is 6.07 Å². The van der Waals surface area contributed by atoms with E-state index in [0.717, 1.165) is 12.8 Å². The number of nitrogens with zero attached hydrogens (tertiary/aromatic N) is 2. The van der Waals surface area contributed by atoms with Gasteiger partial charge in [0.05, 0.1) is 0 Å². The van der Waals surface area contributed by atoms with Crippen molar-refractivity contribution in [3.8, 4) is 0 Å². The number of allylic oxidation sites excluding steroid dienone is 1. The molecule has 1 aromatic heterocycles. The molecule has 1 aromatic rings. The lowest BCUT2D eigenvalue weighted by Gasteiger charge is -2.07. The molecule has 0 aromatic carbocycles. The predicted octanol–water partition coefficient (Wildman–Crippen LogP) is 2.17. The van der Waals surface area contributed by atoms with Gasteiger partial charge in [-0.3, -0.25) is 9.36 Å². The number of hydrogen-bond acceptors (Lipinski definition) is 2. The first-order valence-corrected chi connectivity index (χ1v) is 4.88. The van der Waals surface area contributed by atoms with Crippen molar-refractivity contribution in [3.05, 3.63) is 40.1 Å². The Morgan fingerprint density at radius 2 is 2.43 bits per heavy atom. The van der Waals surface area contributed by atoms with E-state index in [9.17, 15) is 4.79 Å². The highest BCUT2D eigenvalue weighted by Crippen LogP contribution is 2.02. The van der Waals surface area contributed by atoms with Crippen molar-refractivity contribution >= 4 is 11.6 Å². The van der Waals surface area contributed by atoms with Crippen molar-refractivity contribution in [1.29, 1.82) is 0 Å². The molecule has 0 amide bonds. The third-order valence-corrected chi connectivity index (χ3v) is 2.15. The van der Waals surface area contributed by atoms with Gasteiger partial charge in [0.15, 0.2) is 0 Å². The van der Waals surface area contributed by atoms with Crippen molar-refractivity contribution in [2.75, 3.05) is 0 Å².